The van der Waals surface area contributed by atoms with Crippen molar-refractivity contribution in [3.8, 4) is 0 Å². The summed E-state index contributed by atoms with van der Waals surface area (Å²) in [6.07, 6.45) is 1.15. The minimum absolute atomic E-state index is 0.0418. The lowest BCUT2D eigenvalue weighted by molar-refractivity contribution is -0.140. The highest BCUT2D eigenvalue weighted by molar-refractivity contribution is 6.41. The molecule has 0 unspecified atom stereocenters. The molecular weight excluding hydrogens is 271 g/mol. The number of aliphatic carboxylic acids is 1. The summed E-state index contributed by atoms with van der Waals surface area (Å²) in [5, 5.41) is 19.6. The molecule has 1 aromatic heterocycles. The van der Waals surface area contributed by atoms with E-state index in [4.69, 9.17) is 33.4 Å². The van der Waals surface area contributed by atoms with Gasteiger partial charge in [0, 0.05) is 6.20 Å². The third-order valence-electron chi connectivity index (χ3n) is 1.84. The van der Waals surface area contributed by atoms with Crippen LogP contribution in [0.4, 0.5) is 0 Å². The summed E-state index contributed by atoms with van der Waals surface area (Å²) < 4.78 is 0. The molecule has 0 spiro atoms. The Morgan fingerprint density at radius 2 is 2.12 bits per heavy atom. The fraction of sp³-hybridized carbons (Fsp3) is 0.222. The summed E-state index contributed by atoms with van der Waals surface area (Å²) in [5.74, 6) is -2.05. The molecule has 0 aliphatic rings. The summed E-state index contributed by atoms with van der Waals surface area (Å²) in [4.78, 5) is 25.8. The van der Waals surface area contributed by atoms with E-state index in [9.17, 15) is 9.59 Å². The third kappa shape index (κ3) is 3.55. The van der Waals surface area contributed by atoms with E-state index in [1.165, 1.54) is 6.07 Å². The lowest BCUT2D eigenvalue weighted by Gasteiger charge is -2.11. The van der Waals surface area contributed by atoms with Gasteiger partial charge in [-0.2, -0.15) is 0 Å². The Balaban J connectivity index is 2.82. The van der Waals surface area contributed by atoms with E-state index in [0.29, 0.717) is 0 Å². The maximum absolute atomic E-state index is 11.6. The van der Waals surface area contributed by atoms with E-state index in [2.05, 4.69) is 10.3 Å². The molecule has 0 aliphatic carbocycles. The van der Waals surface area contributed by atoms with Crippen molar-refractivity contribution in [3.63, 3.8) is 0 Å². The van der Waals surface area contributed by atoms with E-state index in [1.54, 1.807) is 0 Å². The molecule has 17 heavy (non-hydrogen) atoms. The molecule has 0 bridgehead atoms. The van der Waals surface area contributed by atoms with Crippen LogP contribution in [0.2, 0.25) is 10.2 Å². The molecular formula is C9H8Cl2N2O4. The fourth-order valence-corrected chi connectivity index (χ4v) is 1.24. The van der Waals surface area contributed by atoms with Crippen LogP contribution in [0.1, 0.15) is 10.4 Å². The molecule has 6 nitrogen and oxygen atoms in total. The third-order valence-corrected chi connectivity index (χ3v) is 2.53. The number of aliphatic hydroxyl groups excluding tert-OH is 1. The maximum Gasteiger partial charge on any atom is 0.328 e. The van der Waals surface area contributed by atoms with Crippen molar-refractivity contribution in [2.24, 2.45) is 0 Å². The number of hydrogen-bond acceptors (Lipinski definition) is 4. The molecule has 0 saturated heterocycles. The summed E-state index contributed by atoms with van der Waals surface area (Å²) in [5.41, 5.74) is 0.0547. The Hall–Kier alpha value is -1.37. The molecule has 1 heterocycles. The van der Waals surface area contributed by atoms with Crippen molar-refractivity contribution in [3.05, 3.63) is 28.0 Å². The maximum atomic E-state index is 11.6. The first-order valence-electron chi connectivity index (χ1n) is 4.41. The molecule has 8 heteroatoms. The summed E-state index contributed by atoms with van der Waals surface area (Å²) in [6, 6.07) is -0.125. The van der Waals surface area contributed by atoms with Crippen LogP contribution in [0.15, 0.2) is 12.3 Å². The minimum Gasteiger partial charge on any atom is -0.480 e. The van der Waals surface area contributed by atoms with Gasteiger partial charge >= 0.3 is 5.97 Å². The molecule has 1 rings (SSSR count). The van der Waals surface area contributed by atoms with Gasteiger partial charge < -0.3 is 15.5 Å². The number of amides is 1. The fourth-order valence-electron chi connectivity index (χ4n) is 0.972. The van der Waals surface area contributed by atoms with Gasteiger partial charge in [-0.3, -0.25) is 4.79 Å². The van der Waals surface area contributed by atoms with Gasteiger partial charge in [0.05, 0.1) is 17.2 Å². The lowest BCUT2D eigenvalue weighted by atomic mass is 10.2. The van der Waals surface area contributed by atoms with Gasteiger partial charge in [0.2, 0.25) is 0 Å². The Kier molecular flexibility index (Phi) is 4.68. The minimum atomic E-state index is -1.38. The van der Waals surface area contributed by atoms with Crippen molar-refractivity contribution in [1.29, 1.82) is 0 Å². The van der Waals surface area contributed by atoms with Crippen LogP contribution >= 0.6 is 23.2 Å². The van der Waals surface area contributed by atoms with Crippen molar-refractivity contribution in [2.75, 3.05) is 6.61 Å². The zero-order chi connectivity index (χ0) is 13.0. The summed E-state index contributed by atoms with van der Waals surface area (Å²) >= 11 is 11.2. The first-order chi connectivity index (χ1) is 7.95. The second kappa shape index (κ2) is 5.81. The first kappa shape index (κ1) is 13.7. The molecule has 0 radical (unpaired) electrons. The molecule has 0 aliphatic heterocycles. The van der Waals surface area contributed by atoms with Gasteiger partial charge in [0.1, 0.15) is 5.15 Å². The highest BCUT2D eigenvalue weighted by Crippen LogP contribution is 2.19. The molecule has 1 amide bonds. The van der Waals surface area contributed by atoms with Crippen LogP contribution in [0.5, 0.6) is 0 Å². The van der Waals surface area contributed by atoms with Crippen LogP contribution in [0, 0.1) is 0 Å². The number of carboxylic acids is 1. The molecule has 0 aromatic carbocycles. The van der Waals surface area contributed by atoms with E-state index in [-0.39, 0.29) is 15.7 Å². The molecule has 1 atom stereocenters. The van der Waals surface area contributed by atoms with Gasteiger partial charge in [0.25, 0.3) is 5.91 Å². The number of aliphatic hydroxyl groups is 1. The summed E-state index contributed by atoms with van der Waals surface area (Å²) in [6.45, 7) is -0.712. The van der Waals surface area contributed by atoms with E-state index in [1.807, 2.05) is 0 Å². The van der Waals surface area contributed by atoms with Crippen molar-refractivity contribution in [2.45, 2.75) is 6.04 Å². The second-order valence-corrected chi connectivity index (χ2v) is 3.81. The quantitative estimate of drug-likeness (QED) is 0.699. The van der Waals surface area contributed by atoms with E-state index >= 15 is 0 Å². The van der Waals surface area contributed by atoms with Gasteiger partial charge in [0.15, 0.2) is 6.04 Å². The Bertz CT molecular complexity index is 453. The number of carbonyl (C=O) groups is 2. The monoisotopic (exact) mass is 278 g/mol. The number of nitrogens with zero attached hydrogens (tertiary/aromatic N) is 1. The highest BCUT2D eigenvalue weighted by Gasteiger charge is 2.20. The molecule has 92 valence electrons. The number of rotatable bonds is 4. The standard InChI is InChI=1S/C9H8Cl2N2O4/c10-5-1-4(2-12-7(5)11)8(15)13-6(3-14)9(16)17/h1-2,6,14H,3H2,(H,13,15)(H,16,17)/t6-/m1/s1. The summed E-state index contributed by atoms with van der Waals surface area (Å²) in [7, 11) is 0. The normalized spacial score (nSPS) is 11.9. The number of halogens is 2. The van der Waals surface area contributed by atoms with Crippen LogP contribution in [-0.2, 0) is 4.79 Å². The number of carboxylic acid groups (broad SMARTS) is 1. The van der Waals surface area contributed by atoms with Crippen molar-refractivity contribution < 1.29 is 19.8 Å². The molecule has 3 N–H and O–H groups in total. The van der Waals surface area contributed by atoms with E-state index in [0.717, 1.165) is 6.20 Å². The van der Waals surface area contributed by atoms with Gasteiger partial charge in [-0.15, -0.1) is 0 Å². The zero-order valence-corrected chi connectivity index (χ0v) is 9.87. The molecule has 1 aromatic rings. The number of aromatic nitrogens is 1. The average molecular weight is 279 g/mol. The highest BCUT2D eigenvalue weighted by atomic mass is 35.5. The van der Waals surface area contributed by atoms with Crippen LogP contribution in [0.3, 0.4) is 0 Å². The average Bonchev–Trinajstić information content (AvgIpc) is 2.28. The molecule has 0 saturated carbocycles. The predicted octanol–water partition coefficient (Wildman–Crippen LogP) is 0.564. The van der Waals surface area contributed by atoms with Crippen LogP contribution < -0.4 is 5.32 Å². The Labute approximate surface area is 106 Å². The van der Waals surface area contributed by atoms with Gasteiger partial charge in [-0.05, 0) is 6.07 Å². The van der Waals surface area contributed by atoms with Crippen LogP contribution in [-0.4, -0.2) is 39.7 Å². The van der Waals surface area contributed by atoms with Crippen molar-refractivity contribution in [1.82, 2.24) is 10.3 Å². The second-order valence-electron chi connectivity index (χ2n) is 3.04. The predicted molar refractivity (Wildman–Crippen MR) is 60.2 cm³/mol. The molecule has 0 fully saturated rings. The smallest absolute Gasteiger partial charge is 0.328 e. The largest absolute Gasteiger partial charge is 0.480 e. The Morgan fingerprint density at radius 1 is 1.47 bits per heavy atom. The van der Waals surface area contributed by atoms with Gasteiger partial charge in [-0.25, -0.2) is 9.78 Å². The van der Waals surface area contributed by atoms with Crippen molar-refractivity contribution >= 4 is 35.1 Å². The van der Waals surface area contributed by atoms with E-state index < -0.39 is 24.5 Å². The number of nitrogens with one attached hydrogen (secondary N) is 1. The Morgan fingerprint density at radius 3 is 2.59 bits per heavy atom. The van der Waals surface area contributed by atoms with Gasteiger partial charge in [-0.1, -0.05) is 23.2 Å². The SMILES string of the molecule is O=C(N[C@H](CO)C(=O)O)c1cnc(Cl)c(Cl)c1. The number of hydrogen-bond donors (Lipinski definition) is 3. The topological polar surface area (TPSA) is 99.5 Å². The number of carbonyl (C=O) groups excluding carboxylic acids is 1. The zero-order valence-electron chi connectivity index (χ0n) is 8.35. The van der Waals surface area contributed by atoms with Crippen LogP contribution in [0.25, 0.3) is 0 Å². The first-order valence-corrected chi connectivity index (χ1v) is 5.17. The lowest BCUT2D eigenvalue weighted by Crippen LogP contribution is -2.43. The number of pyridine rings is 1.